The van der Waals surface area contributed by atoms with Crippen LogP contribution in [-0.4, -0.2) is 7.85 Å². The number of thiol groups is 1. The summed E-state index contributed by atoms with van der Waals surface area (Å²) in [5, 5.41) is 0.287. The maximum absolute atomic E-state index is 4.69. The van der Waals surface area contributed by atoms with Gasteiger partial charge in [-0.25, -0.2) is 0 Å². The summed E-state index contributed by atoms with van der Waals surface area (Å²) in [6, 6.07) is 4.65. The number of benzene rings is 1. The van der Waals surface area contributed by atoms with Crippen LogP contribution in [0.1, 0.15) is 81.9 Å². The van der Waals surface area contributed by atoms with Crippen molar-refractivity contribution in [2.75, 3.05) is 0 Å². The van der Waals surface area contributed by atoms with E-state index in [1.165, 1.54) is 68.2 Å². The highest BCUT2D eigenvalue weighted by atomic mass is 32.1. The van der Waals surface area contributed by atoms with Gasteiger partial charge in [-0.3, -0.25) is 0 Å². The molecule has 0 nitrogen and oxygen atoms in total. The lowest BCUT2D eigenvalue weighted by Crippen LogP contribution is -2.42. The molecular formula is C23H33BS. The average Bonchev–Trinajstić information content (AvgIpc) is 2.92. The molecule has 1 fully saturated rings. The third-order valence-corrected chi connectivity index (χ3v) is 8.35. The predicted octanol–water partition coefficient (Wildman–Crippen LogP) is 5.76. The van der Waals surface area contributed by atoms with Gasteiger partial charge < -0.3 is 0 Å². The minimum Gasteiger partial charge on any atom is -0.143 e. The molecule has 0 radical (unpaired) electrons. The van der Waals surface area contributed by atoms with Gasteiger partial charge in [-0.05, 0) is 91.3 Å². The fraction of sp³-hybridized carbons (Fsp3) is 0.652. The Balaban J connectivity index is 1.85. The van der Waals surface area contributed by atoms with E-state index in [9.17, 15) is 0 Å². The Morgan fingerprint density at radius 3 is 2.76 bits per heavy atom. The monoisotopic (exact) mass is 352 g/mol. The van der Waals surface area contributed by atoms with Crippen LogP contribution in [0.3, 0.4) is 0 Å². The summed E-state index contributed by atoms with van der Waals surface area (Å²) in [5.74, 6) is 0.879. The van der Waals surface area contributed by atoms with Gasteiger partial charge in [0.2, 0.25) is 0 Å². The molecule has 1 saturated carbocycles. The molecule has 1 aromatic rings. The van der Waals surface area contributed by atoms with E-state index in [-0.39, 0.29) is 5.31 Å². The van der Waals surface area contributed by atoms with Gasteiger partial charge >= 0.3 is 0 Å². The molecule has 0 bridgehead atoms. The van der Waals surface area contributed by atoms with Crippen molar-refractivity contribution in [3.63, 3.8) is 0 Å². The average molecular weight is 352 g/mol. The van der Waals surface area contributed by atoms with Crippen molar-refractivity contribution in [1.82, 2.24) is 0 Å². The minimum atomic E-state index is 0.287. The van der Waals surface area contributed by atoms with E-state index >= 15 is 0 Å². The zero-order valence-corrected chi connectivity index (χ0v) is 17.4. The Bertz CT molecular complexity index is 734. The van der Waals surface area contributed by atoms with E-state index in [0.29, 0.717) is 5.41 Å². The number of unbranched alkanes of at least 4 members (excludes halogenated alkanes) is 1. The summed E-state index contributed by atoms with van der Waals surface area (Å²) in [6.45, 7) is 7.11. The van der Waals surface area contributed by atoms with E-state index in [1.807, 2.05) is 11.1 Å². The Hall–Kier alpha value is -0.625. The van der Waals surface area contributed by atoms with Crippen LogP contribution in [-0.2, 0) is 11.7 Å². The summed E-state index contributed by atoms with van der Waals surface area (Å²) in [4.78, 5) is 1.17. The van der Waals surface area contributed by atoms with Crippen LogP contribution >= 0.6 is 12.6 Å². The lowest BCUT2D eigenvalue weighted by molar-refractivity contribution is 0.242. The Morgan fingerprint density at radius 1 is 1.20 bits per heavy atom. The van der Waals surface area contributed by atoms with E-state index in [1.54, 1.807) is 11.1 Å². The molecule has 0 spiro atoms. The van der Waals surface area contributed by atoms with Gasteiger partial charge in [0.05, 0.1) is 0 Å². The molecule has 0 heterocycles. The van der Waals surface area contributed by atoms with Crippen molar-refractivity contribution < 1.29 is 0 Å². The first-order chi connectivity index (χ1) is 11.9. The first-order valence-corrected chi connectivity index (χ1v) is 10.9. The third kappa shape index (κ3) is 2.58. The van der Waals surface area contributed by atoms with Crippen LogP contribution in [0.15, 0.2) is 28.2 Å². The quantitative estimate of drug-likeness (QED) is 0.399. The Kier molecular flexibility index (Phi) is 4.42. The van der Waals surface area contributed by atoms with Crippen LogP contribution < -0.4 is 0 Å². The maximum atomic E-state index is 4.69. The van der Waals surface area contributed by atoms with Crippen molar-refractivity contribution in [1.29, 1.82) is 0 Å². The first-order valence-electron chi connectivity index (χ1n) is 10.5. The highest BCUT2D eigenvalue weighted by Crippen LogP contribution is 2.62. The summed E-state index contributed by atoms with van der Waals surface area (Å²) in [7, 11) is 2.55. The lowest BCUT2D eigenvalue weighted by atomic mass is 9.47. The molecule has 3 atom stereocenters. The van der Waals surface area contributed by atoms with Gasteiger partial charge in [-0.15, -0.1) is 12.6 Å². The minimum absolute atomic E-state index is 0.287. The molecule has 2 unspecified atom stereocenters. The summed E-state index contributed by atoms with van der Waals surface area (Å²) < 4.78 is 0. The van der Waals surface area contributed by atoms with Crippen molar-refractivity contribution in [3.8, 4) is 0 Å². The zero-order valence-electron chi connectivity index (χ0n) is 16.5. The van der Waals surface area contributed by atoms with E-state index in [2.05, 4.69) is 53.4 Å². The Morgan fingerprint density at radius 2 is 2.00 bits per heavy atom. The van der Waals surface area contributed by atoms with Crippen molar-refractivity contribution in [2.45, 2.75) is 88.8 Å². The lowest BCUT2D eigenvalue weighted by Gasteiger charge is -2.50. The fourth-order valence-corrected chi connectivity index (χ4v) is 6.76. The Labute approximate surface area is 160 Å². The molecule has 3 aliphatic carbocycles. The molecule has 0 aliphatic heterocycles. The van der Waals surface area contributed by atoms with Gasteiger partial charge in [-0.1, -0.05) is 43.9 Å². The van der Waals surface area contributed by atoms with Crippen molar-refractivity contribution in [3.05, 3.63) is 40.0 Å². The summed E-state index contributed by atoms with van der Waals surface area (Å²) >= 11 is 4.69. The number of fused-ring (bicyclic) bond motifs is 4. The normalized spacial score (nSPS) is 33.8. The maximum Gasteiger partial charge on any atom is 0.120 e. The fourth-order valence-electron chi connectivity index (χ4n) is 6.55. The predicted molar refractivity (Wildman–Crippen MR) is 114 cm³/mol. The molecule has 1 aromatic carbocycles. The largest absolute Gasteiger partial charge is 0.143 e. The molecule has 134 valence electrons. The summed E-state index contributed by atoms with van der Waals surface area (Å²) in [6.07, 6.45) is 12.3. The SMILES string of the molecule is BC12CC[C@@]3(CCCC)CC(C)CC3=C1CCc1c2ccc(S)c1C. The molecule has 0 aromatic heterocycles. The van der Waals surface area contributed by atoms with Crippen LogP contribution in [0.25, 0.3) is 0 Å². The van der Waals surface area contributed by atoms with Crippen LogP contribution in [0.5, 0.6) is 0 Å². The number of hydrogen-bond acceptors (Lipinski definition) is 1. The van der Waals surface area contributed by atoms with Gasteiger partial charge in [0.25, 0.3) is 0 Å². The van der Waals surface area contributed by atoms with Crippen LogP contribution in [0, 0.1) is 18.3 Å². The molecule has 2 heteroatoms. The van der Waals surface area contributed by atoms with E-state index < -0.39 is 0 Å². The van der Waals surface area contributed by atoms with Gasteiger partial charge in [0, 0.05) is 4.90 Å². The molecule has 0 saturated heterocycles. The third-order valence-electron chi connectivity index (χ3n) is 7.86. The van der Waals surface area contributed by atoms with Crippen LogP contribution in [0.4, 0.5) is 0 Å². The molecule has 3 aliphatic rings. The highest BCUT2D eigenvalue weighted by molar-refractivity contribution is 7.80. The van der Waals surface area contributed by atoms with Crippen molar-refractivity contribution in [2.24, 2.45) is 11.3 Å². The second-order valence-electron chi connectivity index (χ2n) is 9.42. The molecule has 25 heavy (non-hydrogen) atoms. The van der Waals surface area contributed by atoms with Gasteiger partial charge in [0.1, 0.15) is 7.85 Å². The molecule has 4 rings (SSSR count). The van der Waals surface area contributed by atoms with E-state index in [4.69, 9.17) is 0 Å². The number of allylic oxidation sites excluding steroid dienone is 2. The first kappa shape index (κ1) is 17.8. The molecular weight excluding hydrogens is 319 g/mol. The smallest absolute Gasteiger partial charge is 0.120 e. The molecule has 0 N–H and O–H groups in total. The standard InChI is InChI=1S/C23H33BS/c1-4-5-10-22-11-12-23(24)18-8-9-21(25)16(3)17(18)6-7-19(23)20(22)13-15(2)14-22/h8-9,15,25H,4-7,10-14,24H2,1-3H3/t15?,22-,23?/m0/s1. The van der Waals surface area contributed by atoms with Gasteiger partial charge in [0.15, 0.2) is 0 Å². The van der Waals surface area contributed by atoms with Crippen LogP contribution in [0.2, 0.25) is 0 Å². The van der Waals surface area contributed by atoms with Gasteiger partial charge in [-0.2, -0.15) is 0 Å². The molecule has 0 amide bonds. The second kappa shape index (κ2) is 6.22. The highest BCUT2D eigenvalue weighted by Gasteiger charge is 2.51. The second-order valence-corrected chi connectivity index (χ2v) is 9.90. The number of hydrogen-bond donors (Lipinski definition) is 1. The zero-order chi connectivity index (χ0) is 17.8. The van der Waals surface area contributed by atoms with Crippen molar-refractivity contribution >= 4 is 20.5 Å². The summed E-state index contributed by atoms with van der Waals surface area (Å²) in [5.41, 5.74) is 8.96. The van der Waals surface area contributed by atoms with E-state index in [0.717, 1.165) is 5.92 Å². The topological polar surface area (TPSA) is 0 Å². The number of rotatable bonds is 3.